The molecule has 90 valence electrons. The summed E-state index contributed by atoms with van der Waals surface area (Å²) < 4.78 is 37.2. The lowest BCUT2D eigenvalue weighted by Gasteiger charge is -2.11. The number of aliphatic hydroxyl groups is 1. The normalized spacial score (nSPS) is 13.5. The molecule has 0 saturated carbocycles. The maximum atomic E-state index is 13.2. The van der Waals surface area contributed by atoms with Crippen LogP contribution < -0.4 is 4.72 Å². The highest BCUT2D eigenvalue weighted by Gasteiger charge is 2.12. The molecule has 0 radical (unpaired) electrons. The third-order valence-corrected chi connectivity index (χ3v) is 3.02. The van der Waals surface area contributed by atoms with Gasteiger partial charge in [0.25, 0.3) is 0 Å². The van der Waals surface area contributed by atoms with E-state index in [9.17, 15) is 17.9 Å². The van der Waals surface area contributed by atoms with E-state index in [0.717, 1.165) is 12.3 Å². The zero-order valence-electron chi connectivity index (χ0n) is 8.44. The summed E-state index contributed by atoms with van der Waals surface area (Å²) in [6.07, 6.45) is 0.126. The first-order valence-corrected chi connectivity index (χ1v) is 7.36. The highest BCUT2D eigenvalue weighted by molar-refractivity contribution is 9.09. The van der Waals surface area contributed by atoms with Crippen molar-refractivity contribution in [3.63, 3.8) is 0 Å². The molecule has 0 amide bonds. The van der Waals surface area contributed by atoms with E-state index in [1.165, 1.54) is 12.1 Å². The fourth-order valence-electron chi connectivity index (χ4n) is 1.12. The van der Waals surface area contributed by atoms with Crippen LogP contribution in [0.3, 0.4) is 0 Å². The second kappa shape index (κ2) is 5.11. The van der Waals surface area contributed by atoms with Crippen molar-refractivity contribution in [2.24, 2.45) is 0 Å². The summed E-state index contributed by atoms with van der Waals surface area (Å²) in [6, 6.07) is 3.77. The van der Waals surface area contributed by atoms with Crippen LogP contribution in [0.25, 0.3) is 0 Å². The van der Waals surface area contributed by atoms with Crippen molar-refractivity contribution >= 4 is 31.6 Å². The molecule has 1 aromatic rings. The number of halogens is 2. The second-order valence-corrected chi connectivity index (χ2v) is 5.68. The third-order valence-electron chi connectivity index (χ3n) is 1.82. The van der Waals surface area contributed by atoms with Gasteiger partial charge < -0.3 is 5.11 Å². The zero-order valence-corrected chi connectivity index (χ0v) is 10.8. The summed E-state index contributed by atoms with van der Waals surface area (Å²) in [5.41, 5.74) is 0.268. The molecule has 1 rings (SSSR count). The number of alkyl halides is 1. The Hall–Kier alpha value is -0.660. The Kier molecular flexibility index (Phi) is 4.28. The SMILES string of the molecule is CS(=O)(=O)Nc1cc([C@@H](O)CBr)ccc1F. The van der Waals surface area contributed by atoms with Crippen molar-refractivity contribution in [1.82, 2.24) is 0 Å². The van der Waals surface area contributed by atoms with Crippen LogP contribution in [0, 0.1) is 5.82 Å². The number of hydrogen-bond donors (Lipinski definition) is 2. The highest BCUT2D eigenvalue weighted by atomic mass is 79.9. The molecule has 0 unspecified atom stereocenters. The largest absolute Gasteiger partial charge is 0.388 e. The first kappa shape index (κ1) is 13.4. The molecular formula is C9H11BrFNO3S. The maximum absolute atomic E-state index is 13.2. The van der Waals surface area contributed by atoms with Crippen LogP contribution >= 0.6 is 15.9 Å². The van der Waals surface area contributed by atoms with Gasteiger partial charge in [-0.1, -0.05) is 22.0 Å². The fourth-order valence-corrected chi connectivity index (χ4v) is 2.05. The Morgan fingerprint density at radius 1 is 1.56 bits per heavy atom. The van der Waals surface area contributed by atoms with Gasteiger partial charge in [0.2, 0.25) is 10.0 Å². The van der Waals surface area contributed by atoms with Crippen molar-refractivity contribution in [2.75, 3.05) is 16.3 Å². The van der Waals surface area contributed by atoms with Gasteiger partial charge in [0.05, 0.1) is 18.0 Å². The molecular weight excluding hydrogens is 301 g/mol. The van der Waals surface area contributed by atoms with Crippen molar-refractivity contribution in [2.45, 2.75) is 6.10 Å². The molecule has 7 heteroatoms. The van der Waals surface area contributed by atoms with Crippen LogP contribution in [0.2, 0.25) is 0 Å². The molecule has 1 atom stereocenters. The van der Waals surface area contributed by atoms with Crippen LogP contribution in [0.1, 0.15) is 11.7 Å². The third kappa shape index (κ3) is 3.73. The van der Waals surface area contributed by atoms with E-state index >= 15 is 0 Å². The average Bonchev–Trinajstić information content (AvgIpc) is 2.18. The molecule has 0 bridgehead atoms. The second-order valence-electron chi connectivity index (χ2n) is 3.28. The lowest BCUT2D eigenvalue weighted by Crippen LogP contribution is -2.11. The lowest BCUT2D eigenvalue weighted by molar-refractivity contribution is 0.205. The summed E-state index contributed by atoms with van der Waals surface area (Å²) in [5.74, 6) is -0.684. The number of benzene rings is 1. The molecule has 0 aliphatic carbocycles. The predicted molar refractivity (Wildman–Crippen MR) is 63.6 cm³/mol. The van der Waals surface area contributed by atoms with Gasteiger partial charge >= 0.3 is 0 Å². The van der Waals surface area contributed by atoms with Crippen molar-refractivity contribution in [3.05, 3.63) is 29.6 Å². The standard InChI is InChI=1S/C9H11BrFNO3S/c1-16(14,15)12-8-4-6(9(13)5-10)2-3-7(8)11/h2-4,9,12-13H,5H2,1H3/t9-/m0/s1. The van der Waals surface area contributed by atoms with Crippen LogP contribution in [0.5, 0.6) is 0 Å². The van der Waals surface area contributed by atoms with Gasteiger partial charge in [0, 0.05) is 5.33 Å². The Bertz CT molecular complexity index is 478. The number of rotatable bonds is 4. The monoisotopic (exact) mass is 311 g/mol. The lowest BCUT2D eigenvalue weighted by atomic mass is 10.1. The van der Waals surface area contributed by atoms with Crippen LogP contribution in [0.15, 0.2) is 18.2 Å². The Labute approximate surface area is 102 Å². The Morgan fingerprint density at radius 3 is 2.69 bits per heavy atom. The Balaban J connectivity index is 3.09. The van der Waals surface area contributed by atoms with Gasteiger partial charge in [0.1, 0.15) is 5.82 Å². The molecule has 0 spiro atoms. The maximum Gasteiger partial charge on any atom is 0.229 e. The number of hydrogen-bond acceptors (Lipinski definition) is 3. The average molecular weight is 312 g/mol. The van der Waals surface area contributed by atoms with E-state index in [-0.39, 0.29) is 11.0 Å². The van der Waals surface area contributed by atoms with Crippen LogP contribution in [0.4, 0.5) is 10.1 Å². The molecule has 0 aromatic heterocycles. The Morgan fingerprint density at radius 2 is 2.19 bits per heavy atom. The summed E-state index contributed by atoms with van der Waals surface area (Å²) in [6.45, 7) is 0. The van der Waals surface area contributed by atoms with E-state index < -0.39 is 21.9 Å². The minimum absolute atomic E-state index is 0.167. The molecule has 0 heterocycles. The minimum Gasteiger partial charge on any atom is -0.388 e. The first-order chi connectivity index (χ1) is 7.33. The quantitative estimate of drug-likeness (QED) is 0.831. The van der Waals surface area contributed by atoms with Crippen molar-refractivity contribution in [3.8, 4) is 0 Å². The molecule has 16 heavy (non-hydrogen) atoms. The van der Waals surface area contributed by atoms with E-state index in [0.29, 0.717) is 5.56 Å². The van der Waals surface area contributed by atoms with E-state index in [4.69, 9.17) is 0 Å². The molecule has 0 aliphatic rings. The number of anilines is 1. The minimum atomic E-state index is -3.53. The van der Waals surface area contributed by atoms with E-state index in [2.05, 4.69) is 15.9 Å². The van der Waals surface area contributed by atoms with Gasteiger partial charge in [-0.3, -0.25) is 4.72 Å². The summed E-state index contributed by atoms with van der Waals surface area (Å²) >= 11 is 3.07. The topological polar surface area (TPSA) is 66.4 Å². The predicted octanol–water partition coefficient (Wildman–Crippen LogP) is 1.63. The molecule has 0 saturated heterocycles. The highest BCUT2D eigenvalue weighted by Crippen LogP contribution is 2.22. The van der Waals surface area contributed by atoms with E-state index in [1.54, 1.807) is 0 Å². The number of aliphatic hydroxyl groups excluding tert-OH is 1. The summed E-state index contributed by atoms with van der Waals surface area (Å²) in [4.78, 5) is 0. The van der Waals surface area contributed by atoms with Crippen molar-refractivity contribution < 1.29 is 17.9 Å². The van der Waals surface area contributed by atoms with Crippen molar-refractivity contribution in [1.29, 1.82) is 0 Å². The van der Waals surface area contributed by atoms with Gasteiger partial charge in [-0.15, -0.1) is 0 Å². The zero-order chi connectivity index (χ0) is 12.3. The molecule has 1 aromatic carbocycles. The van der Waals surface area contributed by atoms with Crippen LogP contribution in [-0.4, -0.2) is 25.1 Å². The molecule has 0 fully saturated rings. The molecule has 2 N–H and O–H groups in total. The van der Waals surface area contributed by atoms with Gasteiger partial charge in [0.15, 0.2) is 0 Å². The van der Waals surface area contributed by atoms with Gasteiger partial charge in [-0.25, -0.2) is 12.8 Å². The summed E-state index contributed by atoms with van der Waals surface area (Å²) in [7, 11) is -3.53. The van der Waals surface area contributed by atoms with Gasteiger partial charge in [-0.2, -0.15) is 0 Å². The smallest absolute Gasteiger partial charge is 0.229 e. The van der Waals surface area contributed by atoms with E-state index in [1.807, 2.05) is 4.72 Å². The first-order valence-electron chi connectivity index (χ1n) is 4.35. The fraction of sp³-hybridized carbons (Fsp3) is 0.333. The van der Waals surface area contributed by atoms with Crippen LogP contribution in [-0.2, 0) is 10.0 Å². The number of sulfonamides is 1. The molecule has 4 nitrogen and oxygen atoms in total. The number of nitrogens with one attached hydrogen (secondary N) is 1. The summed E-state index contributed by atoms with van der Waals surface area (Å²) in [5, 5.41) is 9.79. The van der Waals surface area contributed by atoms with Gasteiger partial charge in [-0.05, 0) is 17.7 Å². The molecule has 0 aliphatic heterocycles.